The normalized spacial score (nSPS) is 10.1. The summed E-state index contributed by atoms with van der Waals surface area (Å²) in [5, 5.41) is 3.37. The van der Waals surface area contributed by atoms with Crippen molar-refractivity contribution in [3.8, 4) is 5.75 Å². The quantitative estimate of drug-likeness (QED) is 0.849. The minimum Gasteiger partial charge on any atom is -0.495 e. The third-order valence-electron chi connectivity index (χ3n) is 2.20. The predicted molar refractivity (Wildman–Crippen MR) is 68.1 cm³/mol. The van der Waals surface area contributed by atoms with Crippen molar-refractivity contribution in [2.24, 2.45) is 0 Å². The summed E-state index contributed by atoms with van der Waals surface area (Å²) in [5.41, 5.74) is 1.64. The van der Waals surface area contributed by atoms with E-state index in [0.717, 1.165) is 17.1 Å². The number of halogens is 1. The average Bonchev–Trinajstić information content (AvgIpc) is 2.28. The van der Waals surface area contributed by atoms with Crippen LogP contribution >= 0.6 is 11.6 Å². The largest absolute Gasteiger partial charge is 0.495 e. The number of hydrogen-bond donors (Lipinski definition) is 1. The Bertz CT molecular complexity index is 511. The van der Waals surface area contributed by atoms with Crippen molar-refractivity contribution in [2.45, 2.75) is 6.92 Å². The molecule has 1 heterocycles. The van der Waals surface area contributed by atoms with Crippen molar-refractivity contribution in [1.29, 1.82) is 0 Å². The lowest BCUT2D eigenvalue weighted by Crippen LogP contribution is -1.98. The lowest BCUT2D eigenvalue weighted by Gasteiger charge is -2.10. The molecule has 0 radical (unpaired) electrons. The third-order valence-corrected chi connectivity index (χ3v) is 2.37. The van der Waals surface area contributed by atoms with E-state index < -0.39 is 0 Å². The number of ether oxygens (including phenoxy) is 1. The van der Waals surface area contributed by atoms with Gasteiger partial charge in [-0.1, -0.05) is 12.1 Å². The number of nitrogens with one attached hydrogen (secondary N) is 1. The Kier molecular flexibility index (Phi) is 3.44. The smallest absolute Gasteiger partial charge is 0.224 e. The summed E-state index contributed by atoms with van der Waals surface area (Å²) in [6.45, 7) is 1.86. The summed E-state index contributed by atoms with van der Waals surface area (Å²) in [4.78, 5) is 8.09. The highest BCUT2D eigenvalue weighted by molar-refractivity contribution is 6.28. The highest BCUT2D eigenvalue weighted by atomic mass is 35.5. The molecule has 0 amide bonds. The van der Waals surface area contributed by atoms with Gasteiger partial charge in [-0.2, -0.15) is 0 Å². The molecule has 1 aromatic heterocycles. The first kappa shape index (κ1) is 11.7. The van der Waals surface area contributed by atoms with E-state index in [0.29, 0.717) is 5.82 Å². The van der Waals surface area contributed by atoms with Gasteiger partial charge in [-0.15, -0.1) is 0 Å². The van der Waals surface area contributed by atoms with E-state index in [1.165, 1.54) is 0 Å². The van der Waals surface area contributed by atoms with Crippen LogP contribution in [0.2, 0.25) is 5.28 Å². The Morgan fingerprint density at radius 1 is 1.24 bits per heavy atom. The van der Waals surface area contributed by atoms with Gasteiger partial charge >= 0.3 is 0 Å². The first-order valence-electron chi connectivity index (χ1n) is 5.10. The molecule has 0 saturated heterocycles. The van der Waals surface area contributed by atoms with Crippen LogP contribution < -0.4 is 10.1 Å². The number of aromatic nitrogens is 2. The second kappa shape index (κ2) is 5.01. The molecule has 0 fully saturated rings. The molecule has 88 valence electrons. The summed E-state index contributed by atoms with van der Waals surface area (Å²) < 4.78 is 5.24. The minimum absolute atomic E-state index is 0.224. The Morgan fingerprint density at radius 2 is 2.00 bits per heavy atom. The molecule has 1 aromatic carbocycles. The molecule has 1 N–H and O–H groups in total. The van der Waals surface area contributed by atoms with E-state index in [4.69, 9.17) is 16.3 Å². The van der Waals surface area contributed by atoms with Gasteiger partial charge in [0.15, 0.2) is 0 Å². The van der Waals surface area contributed by atoms with E-state index in [2.05, 4.69) is 15.3 Å². The summed E-state index contributed by atoms with van der Waals surface area (Å²) in [5.74, 6) is 1.40. The van der Waals surface area contributed by atoms with Crippen molar-refractivity contribution >= 4 is 23.1 Å². The van der Waals surface area contributed by atoms with Gasteiger partial charge in [-0.3, -0.25) is 0 Å². The number of anilines is 2. The van der Waals surface area contributed by atoms with E-state index in [-0.39, 0.29) is 5.28 Å². The van der Waals surface area contributed by atoms with Crippen LogP contribution in [0.4, 0.5) is 11.5 Å². The average molecular weight is 250 g/mol. The van der Waals surface area contributed by atoms with Crippen LogP contribution in [0.1, 0.15) is 5.69 Å². The molecule has 0 aliphatic rings. The van der Waals surface area contributed by atoms with Gasteiger partial charge in [-0.05, 0) is 30.7 Å². The molecule has 17 heavy (non-hydrogen) atoms. The molecule has 0 unspecified atom stereocenters. The zero-order chi connectivity index (χ0) is 12.3. The maximum absolute atomic E-state index is 5.80. The Morgan fingerprint density at radius 3 is 2.71 bits per heavy atom. The van der Waals surface area contributed by atoms with E-state index >= 15 is 0 Å². The fourth-order valence-electron chi connectivity index (χ4n) is 1.48. The van der Waals surface area contributed by atoms with Crippen molar-refractivity contribution in [3.05, 3.63) is 41.3 Å². The summed E-state index contributed by atoms with van der Waals surface area (Å²) >= 11 is 5.80. The van der Waals surface area contributed by atoms with Gasteiger partial charge < -0.3 is 10.1 Å². The van der Waals surface area contributed by atoms with Crippen molar-refractivity contribution in [3.63, 3.8) is 0 Å². The van der Waals surface area contributed by atoms with Gasteiger partial charge in [0.1, 0.15) is 11.6 Å². The maximum Gasteiger partial charge on any atom is 0.224 e. The van der Waals surface area contributed by atoms with Crippen molar-refractivity contribution < 1.29 is 4.74 Å². The van der Waals surface area contributed by atoms with Crippen LogP contribution in [0.25, 0.3) is 0 Å². The fourth-order valence-corrected chi connectivity index (χ4v) is 1.71. The van der Waals surface area contributed by atoms with Crippen LogP contribution in [0.3, 0.4) is 0 Å². The zero-order valence-corrected chi connectivity index (χ0v) is 10.3. The van der Waals surface area contributed by atoms with Gasteiger partial charge in [0, 0.05) is 11.8 Å². The van der Waals surface area contributed by atoms with Gasteiger partial charge in [0.25, 0.3) is 0 Å². The lowest BCUT2D eigenvalue weighted by molar-refractivity contribution is 0.417. The predicted octanol–water partition coefficient (Wildman–Crippen LogP) is 3.19. The zero-order valence-electron chi connectivity index (χ0n) is 9.57. The molecule has 0 spiro atoms. The lowest BCUT2D eigenvalue weighted by atomic mass is 10.3. The molecule has 4 nitrogen and oxygen atoms in total. The molecule has 2 rings (SSSR count). The van der Waals surface area contributed by atoms with Crippen LogP contribution in [-0.2, 0) is 0 Å². The summed E-state index contributed by atoms with van der Waals surface area (Å²) in [6, 6.07) is 9.42. The number of para-hydroxylation sites is 2. The van der Waals surface area contributed by atoms with Gasteiger partial charge in [0.2, 0.25) is 5.28 Å². The topological polar surface area (TPSA) is 47.0 Å². The molecule has 5 heteroatoms. The first-order valence-corrected chi connectivity index (χ1v) is 5.48. The second-order valence-electron chi connectivity index (χ2n) is 3.49. The number of hydrogen-bond acceptors (Lipinski definition) is 4. The number of aryl methyl sites for hydroxylation is 1. The number of rotatable bonds is 3. The Labute approximate surface area is 105 Å². The molecule has 0 bridgehead atoms. The molecule has 0 aliphatic carbocycles. The Hall–Kier alpha value is -1.81. The standard InChI is InChI=1S/C12H12ClN3O/c1-8-7-11(16-12(13)14-8)15-9-5-3-4-6-10(9)17-2/h3-7H,1-2H3,(H,14,15,16). The number of nitrogens with zero attached hydrogens (tertiary/aromatic N) is 2. The third kappa shape index (κ3) is 2.85. The van der Waals surface area contributed by atoms with E-state index in [1.54, 1.807) is 7.11 Å². The Balaban J connectivity index is 2.31. The monoisotopic (exact) mass is 249 g/mol. The summed E-state index contributed by atoms with van der Waals surface area (Å²) in [7, 11) is 1.62. The van der Waals surface area contributed by atoms with Crippen molar-refractivity contribution in [2.75, 3.05) is 12.4 Å². The minimum atomic E-state index is 0.224. The van der Waals surface area contributed by atoms with Crippen LogP contribution in [0.15, 0.2) is 30.3 Å². The molecule has 2 aromatic rings. The SMILES string of the molecule is COc1ccccc1Nc1cc(C)nc(Cl)n1. The highest BCUT2D eigenvalue weighted by Crippen LogP contribution is 2.26. The highest BCUT2D eigenvalue weighted by Gasteiger charge is 2.04. The molecule has 0 aliphatic heterocycles. The maximum atomic E-state index is 5.80. The molecular weight excluding hydrogens is 238 g/mol. The van der Waals surface area contributed by atoms with E-state index in [1.807, 2.05) is 37.3 Å². The van der Waals surface area contributed by atoms with Crippen LogP contribution in [0.5, 0.6) is 5.75 Å². The number of benzene rings is 1. The van der Waals surface area contributed by atoms with Gasteiger partial charge in [0.05, 0.1) is 12.8 Å². The molecule has 0 atom stereocenters. The number of methoxy groups -OCH3 is 1. The van der Waals surface area contributed by atoms with Crippen LogP contribution in [-0.4, -0.2) is 17.1 Å². The second-order valence-corrected chi connectivity index (χ2v) is 3.83. The fraction of sp³-hybridized carbons (Fsp3) is 0.167. The molecular formula is C12H12ClN3O. The molecule has 0 saturated carbocycles. The van der Waals surface area contributed by atoms with E-state index in [9.17, 15) is 0 Å². The van der Waals surface area contributed by atoms with Crippen molar-refractivity contribution in [1.82, 2.24) is 9.97 Å². The summed E-state index contributed by atoms with van der Waals surface area (Å²) in [6.07, 6.45) is 0. The first-order chi connectivity index (χ1) is 8.19. The van der Waals surface area contributed by atoms with Crippen LogP contribution in [0, 0.1) is 6.92 Å². The van der Waals surface area contributed by atoms with Gasteiger partial charge in [-0.25, -0.2) is 9.97 Å².